The minimum Gasteiger partial charge on any atom is -0.273 e. The summed E-state index contributed by atoms with van der Waals surface area (Å²) in [7, 11) is -13.1. The van der Waals surface area contributed by atoms with Gasteiger partial charge in [0, 0.05) is 6.54 Å². The Balaban J connectivity index is 2.72. The van der Waals surface area contributed by atoms with E-state index in [0.29, 0.717) is 4.31 Å². The molecule has 0 unspecified atom stereocenters. The molecule has 0 amide bonds. The van der Waals surface area contributed by atoms with E-state index in [1.807, 2.05) is 0 Å². The van der Waals surface area contributed by atoms with Gasteiger partial charge in [-0.1, -0.05) is 13.0 Å². The Morgan fingerprint density at radius 2 is 1.77 bits per heavy atom. The lowest BCUT2D eigenvalue weighted by Gasteiger charge is -2.15. The molecule has 15 heteroatoms. The fraction of sp³-hybridized carbons (Fsp3) is 0.455. The van der Waals surface area contributed by atoms with E-state index in [2.05, 4.69) is 9.66 Å². The molecule has 0 aliphatic rings. The lowest BCUT2D eigenvalue weighted by Crippen LogP contribution is -2.33. The minimum absolute atomic E-state index is 0.0353. The maximum atomic E-state index is 12.1. The van der Waals surface area contributed by atoms with Crippen LogP contribution in [0.4, 0.5) is 5.69 Å². The summed E-state index contributed by atoms with van der Waals surface area (Å²) in [5, 5.41) is 0. The summed E-state index contributed by atoms with van der Waals surface area (Å²) in [6, 6.07) is 5.03. The molecule has 12 nitrogen and oxygen atoms in total. The Morgan fingerprint density at radius 3 is 2.31 bits per heavy atom. The summed E-state index contributed by atoms with van der Waals surface area (Å²) >= 11 is 0. The molecule has 0 aliphatic carbocycles. The standard InChI is InChI=1S/C11H17N2O10S3/c1-2-13(25(16,17)18)9-22-12-10-4-3-5-11(8-10)24(14,15)7-6-23-26(19,20)21/h3-5,8H,2,6-7,9H2,1H3,(H,16,17,18)(H,19,20,21). The van der Waals surface area contributed by atoms with Crippen LogP contribution in [0.15, 0.2) is 29.2 Å². The maximum Gasteiger partial charge on any atom is 0.397 e. The van der Waals surface area contributed by atoms with Gasteiger partial charge in [-0.2, -0.15) is 21.1 Å². The molecule has 149 valence electrons. The van der Waals surface area contributed by atoms with E-state index in [9.17, 15) is 25.3 Å². The molecule has 1 radical (unpaired) electrons. The van der Waals surface area contributed by atoms with Gasteiger partial charge in [-0.25, -0.2) is 17.4 Å². The number of sulfone groups is 1. The van der Waals surface area contributed by atoms with Crippen molar-refractivity contribution in [2.45, 2.75) is 11.8 Å². The topological polar surface area (TPSA) is 179 Å². The van der Waals surface area contributed by atoms with Crippen LogP contribution in [0.25, 0.3) is 0 Å². The molecule has 0 spiro atoms. The highest BCUT2D eigenvalue weighted by molar-refractivity contribution is 7.91. The Hall–Kier alpha value is -1.33. The van der Waals surface area contributed by atoms with Crippen LogP contribution >= 0.6 is 0 Å². The quantitative estimate of drug-likeness (QED) is 0.263. The third-order valence-electron chi connectivity index (χ3n) is 2.81. The van der Waals surface area contributed by atoms with E-state index in [0.717, 1.165) is 6.07 Å². The second-order valence-electron chi connectivity index (χ2n) is 4.66. The van der Waals surface area contributed by atoms with Crippen molar-refractivity contribution in [2.24, 2.45) is 0 Å². The first-order valence-corrected chi connectivity index (χ1v) is 11.3. The molecule has 1 aromatic rings. The van der Waals surface area contributed by atoms with E-state index >= 15 is 0 Å². The molecule has 1 rings (SSSR count). The first kappa shape index (κ1) is 22.7. The van der Waals surface area contributed by atoms with Crippen LogP contribution in [-0.2, 0) is 39.6 Å². The summed E-state index contributed by atoms with van der Waals surface area (Å²) in [5.74, 6) is -0.719. The Morgan fingerprint density at radius 1 is 1.12 bits per heavy atom. The molecule has 0 bridgehead atoms. The summed E-state index contributed by atoms with van der Waals surface area (Å²) in [5.41, 5.74) is 3.59. The Labute approximate surface area is 151 Å². The van der Waals surface area contributed by atoms with Crippen molar-refractivity contribution >= 4 is 36.2 Å². The summed E-state index contributed by atoms with van der Waals surface area (Å²) in [4.78, 5) is 4.55. The van der Waals surface area contributed by atoms with Crippen LogP contribution in [-0.4, -0.2) is 64.3 Å². The van der Waals surface area contributed by atoms with Gasteiger partial charge in [0.25, 0.3) is 0 Å². The molecule has 2 N–H and O–H groups in total. The molecule has 1 aromatic carbocycles. The van der Waals surface area contributed by atoms with Crippen LogP contribution in [0.3, 0.4) is 0 Å². The molecular weight excluding hydrogens is 416 g/mol. The number of benzene rings is 1. The molecule has 0 heterocycles. The maximum absolute atomic E-state index is 12.1. The van der Waals surface area contributed by atoms with Crippen molar-refractivity contribution in [1.29, 1.82) is 0 Å². The third kappa shape index (κ3) is 7.92. The fourth-order valence-electron chi connectivity index (χ4n) is 1.59. The normalized spacial score (nSPS) is 13.1. The molecule has 0 saturated heterocycles. The van der Waals surface area contributed by atoms with Crippen molar-refractivity contribution in [3.63, 3.8) is 0 Å². The molecule has 0 fully saturated rings. The second-order valence-corrected chi connectivity index (χ2v) is 9.27. The van der Waals surface area contributed by atoms with Crippen LogP contribution in [0.5, 0.6) is 0 Å². The van der Waals surface area contributed by atoms with Gasteiger partial charge in [0.2, 0.25) is 0 Å². The largest absolute Gasteiger partial charge is 0.397 e. The van der Waals surface area contributed by atoms with Crippen molar-refractivity contribution in [3.05, 3.63) is 24.3 Å². The van der Waals surface area contributed by atoms with Gasteiger partial charge < -0.3 is 0 Å². The summed E-state index contributed by atoms with van der Waals surface area (Å²) in [6.07, 6.45) is 0. The third-order valence-corrected chi connectivity index (χ3v) is 5.97. The second kappa shape index (κ2) is 9.05. The predicted octanol–water partition coefficient (Wildman–Crippen LogP) is -0.471. The SMILES string of the molecule is CCN(CO[N]c1cccc(S(=O)(=O)CCOS(=O)(=O)O)c1)S(=O)(=O)O. The predicted molar refractivity (Wildman–Crippen MR) is 87.7 cm³/mol. The monoisotopic (exact) mass is 433 g/mol. The van der Waals surface area contributed by atoms with Gasteiger partial charge in [0.15, 0.2) is 9.84 Å². The summed E-state index contributed by atoms with van der Waals surface area (Å²) in [6.45, 7) is 0.0167. The molecule has 26 heavy (non-hydrogen) atoms. The summed E-state index contributed by atoms with van der Waals surface area (Å²) < 4.78 is 88.8. The zero-order valence-corrected chi connectivity index (χ0v) is 15.9. The van der Waals surface area contributed by atoms with Crippen molar-refractivity contribution < 1.29 is 43.4 Å². The van der Waals surface area contributed by atoms with Crippen molar-refractivity contribution in [1.82, 2.24) is 9.79 Å². The highest BCUT2D eigenvalue weighted by Gasteiger charge is 2.19. The first-order valence-electron chi connectivity index (χ1n) is 6.85. The van der Waals surface area contributed by atoms with Crippen LogP contribution < -0.4 is 5.48 Å². The van der Waals surface area contributed by atoms with Gasteiger partial charge in [-0.15, -0.1) is 5.48 Å². The zero-order valence-electron chi connectivity index (χ0n) is 13.4. The molecule has 0 saturated carbocycles. The number of hydrogen-bond donors (Lipinski definition) is 2. The lowest BCUT2D eigenvalue weighted by molar-refractivity contribution is 0.0157. The van der Waals surface area contributed by atoms with E-state index < -0.39 is 49.6 Å². The lowest BCUT2D eigenvalue weighted by atomic mass is 10.3. The van der Waals surface area contributed by atoms with Crippen molar-refractivity contribution in [2.75, 3.05) is 25.6 Å². The van der Waals surface area contributed by atoms with Gasteiger partial charge in [-0.3, -0.25) is 9.11 Å². The first-order chi connectivity index (χ1) is 11.8. The number of nitrogens with zero attached hydrogens (tertiary/aromatic N) is 2. The van der Waals surface area contributed by atoms with Gasteiger partial charge in [-0.05, 0) is 18.2 Å². The average Bonchev–Trinajstić information content (AvgIpc) is 2.49. The van der Waals surface area contributed by atoms with Crippen LogP contribution in [0.2, 0.25) is 0 Å². The molecule has 0 aliphatic heterocycles. The molecular formula is C11H17N2O10S3. The van der Waals surface area contributed by atoms with E-state index in [1.54, 1.807) is 0 Å². The van der Waals surface area contributed by atoms with Gasteiger partial charge >= 0.3 is 20.7 Å². The van der Waals surface area contributed by atoms with E-state index in [-0.39, 0.29) is 17.1 Å². The fourth-order valence-corrected chi connectivity index (χ4v) is 3.62. The van der Waals surface area contributed by atoms with Crippen molar-refractivity contribution in [3.8, 4) is 0 Å². The Bertz CT molecular complexity index is 911. The average molecular weight is 433 g/mol. The Kier molecular flexibility index (Phi) is 7.90. The zero-order chi connectivity index (χ0) is 20.0. The smallest absolute Gasteiger partial charge is 0.273 e. The number of rotatable bonds is 11. The van der Waals surface area contributed by atoms with Crippen LogP contribution in [0, 0.1) is 0 Å². The molecule has 0 aromatic heterocycles. The minimum atomic E-state index is -4.75. The molecule has 0 atom stereocenters. The number of hydrogen-bond acceptors (Lipinski definition) is 8. The van der Waals surface area contributed by atoms with E-state index in [4.69, 9.17) is 13.9 Å². The van der Waals surface area contributed by atoms with Gasteiger partial charge in [0.05, 0.1) is 22.9 Å². The highest BCUT2D eigenvalue weighted by Crippen LogP contribution is 2.17. The van der Waals surface area contributed by atoms with Crippen LogP contribution in [0.1, 0.15) is 6.92 Å². The highest BCUT2D eigenvalue weighted by atomic mass is 32.3. The van der Waals surface area contributed by atoms with E-state index in [1.165, 1.54) is 25.1 Å². The van der Waals surface area contributed by atoms with Gasteiger partial charge in [0.1, 0.15) is 6.73 Å².